The summed E-state index contributed by atoms with van der Waals surface area (Å²) in [7, 11) is 0. The van der Waals surface area contributed by atoms with Crippen LogP contribution in [0.4, 0.5) is 0 Å². The Labute approximate surface area is 178 Å². The van der Waals surface area contributed by atoms with Gasteiger partial charge in [-0.3, -0.25) is 4.79 Å². The van der Waals surface area contributed by atoms with Crippen LogP contribution in [0.3, 0.4) is 0 Å². The Balaban J connectivity index is 1.96. The molecule has 3 rings (SSSR count). The van der Waals surface area contributed by atoms with E-state index in [0.29, 0.717) is 0 Å². The van der Waals surface area contributed by atoms with Crippen LogP contribution in [0.2, 0.25) is 0 Å². The van der Waals surface area contributed by atoms with Gasteiger partial charge in [-0.25, -0.2) is 0 Å². The fraction of sp³-hybridized carbons (Fsp3) is 0.696. The molecule has 0 bridgehead atoms. The van der Waals surface area contributed by atoms with Crippen molar-refractivity contribution in [2.75, 3.05) is 32.7 Å². The monoisotopic (exact) mass is 450 g/mol. The van der Waals surface area contributed by atoms with Gasteiger partial charge in [-0.2, -0.15) is 0 Å². The summed E-state index contributed by atoms with van der Waals surface area (Å²) in [5.74, 6) is 0.115. The molecule has 0 spiro atoms. The molecule has 0 radical (unpaired) electrons. The fourth-order valence-electron chi connectivity index (χ4n) is 4.46. The zero-order chi connectivity index (χ0) is 20.2. The molecule has 28 heavy (non-hydrogen) atoms. The van der Waals surface area contributed by atoms with Crippen molar-refractivity contribution in [3.05, 3.63) is 34.3 Å². The van der Waals surface area contributed by atoms with Crippen molar-refractivity contribution in [1.82, 2.24) is 10.2 Å². The highest BCUT2D eigenvalue weighted by molar-refractivity contribution is 9.10. The Morgan fingerprint density at radius 1 is 1.21 bits per heavy atom. The van der Waals surface area contributed by atoms with E-state index in [9.17, 15) is 4.79 Å². The number of piperazine rings is 1. The van der Waals surface area contributed by atoms with Crippen molar-refractivity contribution in [3.63, 3.8) is 0 Å². The predicted octanol–water partition coefficient (Wildman–Crippen LogP) is 4.73. The molecule has 0 aromatic heterocycles. The summed E-state index contributed by atoms with van der Waals surface area (Å²) in [4.78, 5) is 15.5. The normalized spacial score (nSPS) is 21.9. The largest absolute Gasteiger partial charge is 0.458 e. The van der Waals surface area contributed by atoms with E-state index in [1.165, 1.54) is 12.0 Å². The van der Waals surface area contributed by atoms with Gasteiger partial charge in [0.15, 0.2) is 0 Å². The number of halogens is 1. The van der Waals surface area contributed by atoms with Crippen LogP contribution in [0.5, 0.6) is 0 Å². The second-order valence-electron chi connectivity index (χ2n) is 9.42. The van der Waals surface area contributed by atoms with E-state index in [4.69, 9.17) is 4.74 Å². The molecule has 5 heteroatoms. The Bertz CT molecular complexity index is 659. The van der Waals surface area contributed by atoms with Gasteiger partial charge in [-0.15, -0.1) is 0 Å². The SMILES string of the molecule is CC(C)(C)C(=O)OC1(C(CN2CCNCC2)c2cccc(Br)c2)CCCCC1. The first-order chi connectivity index (χ1) is 13.3. The maximum Gasteiger partial charge on any atom is 0.311 e. The molecule has 156 valence electrons. The molecule has 1 aromatic carbocycles. The first-order valence-corrected chi connectivity index (χ1v) is 11.5. The Kier molecular flexibility index (Phi) is 7.21. The van der Waals surface area contributed by atoms with Crippen LogP contribution in [0.15, 0.2) is 28.7 Å². The number of benzene rings is 1. The van der Waals surface area contributed by atoms with Gasteiger partial charge in [-0.1, -0.05) is 34.5 Å². The lowest BCUT2D eigenvalue weighted by Gasteiger charge is -2.46. The maximum atomic E-state index is 13.0. The molecule has 1 aliphatic carbocycles. The standard InChI is InChI=1S/C23H35BrN2O2/c1-22(2,3)21(27)28-23(10-5-4-6-11-23)20(17-26-14-12-25-13-15-26)18-8-7-9-19(24)16-18/h7-9,16,20,25H,4-6,10-15,17H2,1-3H3. The number of carbonyl (C=O) groups excluding carboxylic acids is 1. The lowest BCUT2D eigenvalue weighted by Crippen LogP contribution is -2.52. The minimum absolute atomic E-state index is 0.0743. The minimum atomic E-state index is -0.485. The number of hydrogen-bond donors (Lipinski definition) is 1. The lowest BCUT2D eigenvalue weighted by atomic mass is 9.72. The molecule has 1 N–H and O–H groups in total. The molecule has 2 fully saturated rings. The first-order valence-electron chi connectivity index (χ1n) is 10.7. The fourth-order valence-corrected chi connectivity index (χ4v) is 4.88. The molecule has 1 aliphatic heterocycles. The van der Waals surface area contributed by atoms with E-state index in [-0.39, 0.29) is 11.9 Å². The molecule has 1 unspecified atom stereocenters. The van der Waals surface area contributed by atoms with Gasteiger partial charge >= 0.3 is 5.97 Å². The van der Waals surface area contributed by atoms with Crippen LogP contribution in [0.1, 0.15) is 64.4 Å². The van der Waals surface area contributed by atoms with Crippen LogP contribution in [0.25, 0.3) is 0 Å². The summed E-state index contributed by atoms with van der Waals surface area (Å²) in [6, 6.07) is 8.60. The molecule has 1 aromatic rings. The van der Waals surface area contributed by atoms with E-state index < -0.39 is 11.0 Å². The van der Waals surface area contributed by atoms with Gasteiger partial charge < -0.3 is 15.0 Å². The smallest absolute Gasteiger partial charge is 0.311 e. The molecule has 2 aliphatic rings. The van der Waals surface area contributed by atoms with Crippen molar-refractivity contribution in [2.45, 2.75) is 64.4 Å². The molecule has 1 atom stereocenters. The number of nitrogens with zero attached hydrogens (tertiary/aromatic N) is 1. The molecule has 1 heterocycles. The summed E-state index contributed by atoms with van der Waals surface area (Å²) in [5, 5.41) is 3.44. The highest BCUT2D eigenvalue weighted by atomic mass is 79.9. The van der Waals surface area contributed by atoms with Gasteiger partial charge in [0.2, 0.25) is 0 Å². The van der Waals surface area contributed by atoms with Crippen molar-refractivity contribution in [1.29, 1.82) is 0 Å². The first kappa shape index (κ1) is 21.8. The third kappa shape index (κ3) is 5.37. The van der Waals surface area contributed by atoms with Crippen LogP contribution in [0, 0.1) is 5.41 Å². The zero-order valence-electron chi connectivity index (χ0n) is 17.6. The minimum Gasteiger partial charge on any atom is -0.458 e. The van der Waals surface area contributed by atoms with E-state index in [1.807, 2.05) is 20.8 Å². The second kappa shape index (κ2) is 9.27. The number of esters is 1. The van der Waals surface area contributed by atoms with Crippen molar-refractivity contribution < 1.29 is 9.53 Å². The molecule has 1 saturated carbocycles. The number of hydrogen-bond acceptors (Lipinski definition) is 4. The Hall–Kier alpha value is -0.910. The van der Waals surface area contributed by atoms with Crippen molar-refractivity contribution in [2.24, 2.45) is 5.41 Å². The maximum absolute atomic E-state index is 13.0. The van der Waals surface area contributed by atoms with Crippen LogP contribution in [-0.2, 0) is 9.53 Å². The Morgan fingerprint density at radius 3 is 2.50 bits per heavy atom. The molecule has 1 saturated heterocycles. The number of carbonyl (C=O) groups is 1. The van der Waals surface area contributed by atoms with Crippen molar-refractivity contribution >= 4 is 21.9 Å². The molecular formula is C23H35BrN2O2. The molecule has 4 nitrogen and oxygen atoms in total. The third-order valence-corrected chi connectivity index (χ3v) is 6.64. The van der Waals surface area contributed by atoms with Crippen LogP contribution >= 0.6 is 15.9 Å². The van der Waals surface area contributed by atoms with Crippen LogP contribution in [-0.4, -0.2) is 49.2 Å². The average molecular weight is 451 g/mol. The second-order valence-corrected chi connectivity index (χ2v) is 10.3. The lowest BCUT2D eigenvalue weighted by molar-refractivity contribution is -0.177. The molecule has 0 amide bonds. The van der Waals surface area contributed by atoms with Gasteiger partial charge in [0, 0.05) is 43.1 Å². The summed E-state index contributed by atoms with van der Waals surface area (Å²) in [5.41, 5.74) is 0.381. The number of ether oxygens (including phenoxy) is 1. The van der Waals surface area contributed by atoms with Gasteiger partial charge in [0.05, 0.1) is 5.41 Å². The average Bonchev–Trinajstić information content (AvgIpc) is 2.67. The van der Waals surface area contributed by atoms with E-state index in [2.05, 4.69) is 50.4 Å². The van der Waals surface area contributed by atoms with E-state index in [0.717, 1.165) is 62.9 Å². The summed E-state index contributed by atoms with van der Waals surface area (Å²) < 4.78 is 7.53. The van der Waals surface area contributed by atoms with Crippen LogP contribution < -0.4 is 5.32 Å². The van der Waals surface area contributed by atoms with E-state index >= 15 is 0 Å². The quantitative estimate of drug-likeness (QED) is 0.658. The summed E-state index contributed by atoms with van der Waals surface area (Å²) in [6.45, 7) is 11.0. The topological polar surface area (TPSA) is 41.6 Å². The summed E-state index contributed by atoms with van der Waals surface area (Å²) in [6.07, 6.45) is 5.40. The Morgan fingerprint density at radius 2 is 1.89 bits per heavy atom. The third-order valence-electron chi connectivity index (χ3n) is 6.14. The van der Waals surface area contributed by atoms with E-state index in [1.54, 1.807) is 0 Å². The van der Waals surface area contributed by atoms with Gasteiger partial charge in [-0.05, 0) is 64.2 Å². The van der Waals surface area contributed by atoms with Gasteiger partial charge in [0.1, 0.15) is 5.60 Å². The predicted molar refractivity (Wildman–Crippen MR) is 118 cm³/mol. The highest BCUT2D eigenvalue weighted by Crippen LogP contribution is 2.45. The number of nitrogens with one attached hydrogen (secondary N) is 1. The number of rotatable bonds is 5. The highest BCUT2D eigenvalue weighted by Gasteiger charge is 2.46. The summed E-state index contributed by atoms with van der Waals surface area (Å²) >= 11 is 3.65. The zero-order valence-corrected chi connectivity index (χ0v) is 19.2. The van der Waals surface area contributed by atoms with Gasteiger partial charge in [0.25, 0.3) is 0 Å². The molecular weight excluding hydrogens is 416 g/mol. The van der Waals surface area contributed by atoms with Crippen molar-refractivity contribution in [3.8, 4) is 0 Å².